The fraction of sp³-hybridized carbons (Fsp3) is 0.333. The van der Waals surface area contributed by atoms with Gasteiger partial charge < -0.3 is 20.2 Å². The SMILES string of the molecule is C[C@H](NC(=O)c1cnc(-c2cc(F)ccc2Cl)o1)C(=O)N[C@@H](CCC(F)(F)F)C(O)c1nccs1. The summed E-state index contributed by atoms with van der Waals surface area (Å²) >= 11 is 7.02. The van der Waals surface area contributed by atoms with Crippen LogP contribution in [0.1, 0.15) is 41.4 Å². The summed E-state index contributed by atoms with van der Waals surface area (Å²) < 4.78 is 57.0. The van der Waals surface area contributed by atoms with E-state index in [1.54, 1.807) is 0 Å². The molecule has 35 heavy (non-hydrogen) atoms. The van der Waals surface area contributed by atoms with Crippen molar-refractivity contribution in [3.05, 3.63) is 57.6 Å². The van der Waals surface area contributed by atoms with E-state index in [-0.39, 0.29) is 27.2 Å². The minimum atomic E-state index is -4.50. The number of aliphatic hydroxyl groups is 1. The molecule has 0 saturated carbocycles. The molecule has 0 aliphatic rings. The zero-order valence-corrected chi connectivity index (χ0v) is 19.5. The number of aliphatic hydroxyl groups excluding tert-OH is 1. The number of rotatable bonds is 9. The highest BCUT2D eigenvalue weighted by molar-refractivity contribution is 7.09. The van der Waals surface area contributed by atoms with Crippen LogP contribution in [0, 0.1) is 5.82 Å². The molecule has 14 heteroatoms. The summed E-state index contributed by atoms with van der Waals surface area (Å²) in [7, 11) is 0. The maximum absolute atomic E-state index is 13.5. The van der Waals surface area contributed by atoms with Crippen LogP contribution < -0.4 is 10.6 Å². The van der Waals surface area contributed by atoms with Gasteiger partial charge in [0.1, 0.15) is 23.0 Å². The lowest BCUT2D eigenvalue weighted by molar-refractivity contribution is -0.140. The third-order valence-electron chi connectivity index (χ3n) is 4.78. The van der Waals surface area contributed by atoms with Crippen molar-refractivity contribution < 1.29 is 36.7 Å². The Kier molecular flexibility index (Phi) is 8.46. The smallest absolute Gasteiger partial charge is 0.389 e. The van der Waals surface area contributed by atoms with E-state index in [4.69, 9.17) is 16.0 Å². The van der Waals surface area contributed by atoms with Crippen molar-refractivity contribution >= 4 is 34.8 Å². The highest BCUT2D eigenvalue weighted by Gasteiger charge is 2.33. The van der Waals surface area contributed by atoms with Gasteiger partial charge in [-0.3, -0.25) is 9.59 Å². The van der Waals surface area contributed by atoms with Gasteiger partial charge in [0.05, 0.1) is 22.8 Å². The minimum Gasteiger partial charge on any atom is -0.431 e. The quantitative estimate of drug-likeness (QED) is 0.353. The third kappa shape index (κ3) is 7.23. The number of carbonyl (C=O) groups is 2. The first-order chi connectivity index (χ1) is 16.4. The van der Waals surface area contributed by atoms with E-state index in [0.29, 0.717) is 0 Å². The molecule has 2 amide bonds. The molecule has 188 valence electrons. The summed E-state index contributed by atoms with van der Waals surface area (Å²) in [5, 5.41) is 16.9. The Morgan fingerprint density at radius 1 is 1.26 bits per heavy atom. The van der Waals surface area contributed by atoms with Crippen molar-refractivity contribution in [3.63, 3.8) is 0 Å². The van der Waals surface area contributed by atoms with Gasteiger partial charge in [-0.1, -0.05) is 11.6 Å². The number of amides is 2. The monoisotopic (exact) mass is 534 g/mol. The Bertz CT molecular complexity index is 1170. The average molecular weight is 535 g/mol. The van der Waals surface area contributed by atoms with Gasteiger partial charge in [-0.05, 0) is 31.5 Å². The minimum absolute atomic E-state index is 0.111. The lowest BCUT2D eigenvalue weighted by atomic mass is 10.0. The number of hydrogen-bond acceptors (Lipinski definition) is 7. The van der Waals surface area contributed by atoms with Gasteiger partial charge in [0, 0.05) is 18.0 Å². The number of carbonyl (C=O) groups excluding carboxylic acids is 2. The second-order valence-electron chi connectivity index (χ2n) is 7.43. The zero-order valence-electron chi connectivity index (χ0n) is 18.0. The molecule has 0 spiro atoms. The molecule has 3 rings (SSSR count). The third-order valence-corrected chi connectivity index (χ3v) is 5.96. The van der Waals surface area contributed by atoms with E-state index >= 15 is 0 Å². The molecule has 8 nitrogen and oxygen atoms in total. The van der Waals surface area contributed by atoms with E-state index in [0.717, 1.165) is 29.7 Å². The fourth-order valence-corrected chi connectivity index (χ4v) is 3.87. The first-order valence-electron chi connectivity index (χ1n) is 10.1. The predicted octanol–water partition coefficient (Wildman–Crippen LogP) is 4.27. The van der Waals surface area contributed by atoms with Crippen LogP contribution in [0.3, 0.4) is 0 Å². The Morgan fingerprint density at radius 3 is 2.66 bits per heavy atom. The number of hydrogen-bond donors (Lipinski definition) is 3. The van der Waals surface area contributed by atoms with Crippen molar-refractivity contribution in [1.82, 2.24) is 20.6 Å². The summed E-state index contributed by atoms with van der Waals surface area (Å²) in [5.74, 6) is -2.73. The van der Waals surface area contributed by atoms with E-state index in [2.05, 4.69) is 20.6 Å². The molecular weight excluding hydrogens is 516 g/mol. The predicted molar refractivity (Wildman–Crippen MR) is 118 cm³/mol. The Balaban J connectivity index is 1.66. The number of halogens is 5. The summed E-state index contributed by atoms with van der Waals surface area (Å²) in [6.07, 6.45) is -5.40. The van der Waals surface area contributed by atoms with Gasteiger partial charge >= 0.3 is 6.18 Å². The molecule has 0 aliphatic carbocycles. The molecular formula is C21H19ClF4N4O4S. The summed E-state index contributed by atoms with van der Waals surface area (Å²) in [5.41, 5.74) is 0.111. The maximum Gasteiger partial charge on any atom is 0.389 e. The summed E-state index contributed by atoms with van der Waals surface area (Å²) in [6, 6.07) is 0.974. The molecule has 2 aromatic heterocycles. The van der Waals surface area contributed by atoms with Crippen LogP contribution in [0.25, 0.3) is 11.5 Å². The first kappa shape index (κ1) is 26.6. The molecule has 3 atom stereocenters. The van der Waals surface area contributed by atoms with Crippen LogP contribution in [-0.2, 0) is 4.79 Å². The second-order valence-corrected chi connectivity index (χ2v) is 8.77. The first-order valence-corrected chi connectivity index (χ1v) is 11.4. The van der Waals surface area contributed by atoms with Crippen LogP contribution in [0.2, 0.25) is 5.02 Å². The van der Waals surface area contributed by atoms with Gasteiger partial charge in [0.2, 0.25) is 17.6 Å². The molecule has 1 aromatic carbocycles. The van der Waals surface area contributed by atoms with E-state index in [1.165, 1.54) is 24.6 Å². The molecule has 3 N–H and O–H groups in total. The topological polar surface area (TPSA) is 117 Å². The van der Waals surface area contributed by atoms with Crippen LogP contribution in [-0.4, -0.2) is 45.1 Å². The molecule has 0 aliphatic heterocycles. The van der Waals surface area contributed by atoms with Gasteiger partial charge in [-0.25, -0.2) is 14.4 Å². The van der Waals surface area contributed by atoms with Crippen molar-refractivity contribution in [2.45, 2.75) is 44.1 Å². The zero-order chi connectivity index (χ0) is 25.8. The second kappa shape index (κ2) is 11.1. The summed E-state index contributed by atoms with van der Waals surface area (Å²) in [6.45, 7) is 1.30. The normalized spacial score (nSPS) is 14.3. The number of nitrogens with one attached hydrogen (secondary N) is 2. The van der Waals surface area contributed by atoms with Gasteiger partial charge in [0.15, 0.2) is 0 Å². The Morgan fingerprint density at radius 2 is 2.00 bits per heavy atom. The fourth-order valence-electron chi connectivity index (χ4n) is 2.99. The number of thiazole rings is 1. The van der Waals surface area contributed by atoms with E-state index in [9.17, 15) is 32.3 Å². The number of aromatic nitrogens is 2. The maximum atomic E-state index is 13.5. The van der Waals surface area contributed by atoms with Crippen LogP contribution in [0.5, 0.6) is 0 Å². The molecule has 2 heterocycles. The highest BCUT2D eigenvalue weighted by Crippen LogP contribution is 2.29. The Labute approximate surface area is 205 Å². The molecule has 1 unspecified atom stereocenters. The van der Waals surface area contributed by atoms with Crippen LogP contribution >= 0.6 is 22.9 Å². The van der Waals surface area contributed by atoms with Gasteiger partial charge in [-0.15, -0.1) is 11.3 Å². The molecule has 0 saturated heterocycles. The Hall–Kier alpha value is -3.03. The van der Waals surface area contributed by atoms with E-state index in [1.807, 2.05) is 0 Å². The molecule has 0 bridgehead atoms. The number of nitrogens with zero attached hydrogens (tertiary/aromatic N) is 2. The molecule has 0 fully saturated rings. The van der Waals surface area contributed by atoms with Crippen LogP contribution in [0.4, 0.5) is 17.6 Å². The average Bonchev–Trinajstić information content (AvgIpc) is 3.49. The number of benzene rings is 1. The van der Waals surface area contributed by atoms with Crippen LogP contribution in [0.15, 0.2) is 40.4 Å². The standard InChI is InChI=1S/C21H19ClF4N4O4S/c1-10(17(32)30-14(4-5-21(24,25)26)16(31)20-27-6-7-35-20)29-18(33)15-9-28-19(34-15)12-8-11(23)2-3-13(12)22/h2-3,6-10,14,16,31H,4-5H2,1H3,(H,29,33)(H,30,32)/t10-,14-,16?/m0/s1. The van der Waals surface area contributed by atoms with Crippen molar-refractivity contribution in [1.29, 1.82) is 0 Å². The highest BCUT2D eigenvalue weighted by atomic mass is 35.5. The number of alkyl halides is 3. The number of oxazole rings is 1. The largest absolute Gasteiger partial charge is 0.431 e. The lowest BCUT2D eigenvalue weighted by Gasteiger charge is -2.25. The summed E-state index contributed by atoms with van der Waals surface area (Å²) in [4.78, 5) is 32.8. The molecule has 0 radical (unpaired) electrons. The van der Waals surface area contributed by atoms with Crippen molar-refractivity contribution in [2.24, 2.45) is 0 Å². The van der Waals surface area contributed by atoms with Crippen molar-refractivity contribution in [3.8, 4) is 11.5 Å². The van der Waals surface area contributed by atoms with Crippen molar-refractivity contribution in [2.75, 3.05) is 0 Å². The van der Waals surface area contributed by atoms with E-state index < -0.39 is 54.8 Å². The van der Waals surface area contributed by atoms with Gasteiger partial charge in [0.25, 0.3) is 5.91 Å². The van der Waals surface area contributed by atoms with Gasteiger partial charge in [-0.2, -0.15) is 13.2 Å². The molecule has 3 aromatic rings. The lowest BCUT2D eigenvalue weighted by Crippen LogP contribution is -2.49.